The van der Waals surface area contributed by atoms with Crippen LogP contribution in [-0.4, -0.2) is 35.6 Å². The Morgan fingerprint density at radius 1 is 1.00 bits per heavy atom. The van der Waals surface area contributed by atoms with E-state index in [0.29, 0.717) is 11.1 Å². The van der Waals surface area contributed by atoms with Crippen LogP contribution in [0.15, 0.2) is 24.3 Å². The Balaban J connectivity index is 2.61. The molecule has 3 N–H and O–H groups in total. The summed E-state index contributed by atoms with van der Waals surface area (Å²) in [6, 6.07) is 6.51. The molecule has 116 valence electrons. The molecule has 0 spiro atoms. The zero-order valence-electron chi connectivity index (χ0n) is 13.0. The third-order valence-electron chi connectivity index (χ3n) is 3.07. The van der Waals surface area contributed by atoms with E-state index in [1.165, 1.54) is 0 Å². The molecule has 1 aromatic rings. The molecule has 0 fully saturated rings. The summed E-state index contributed by atoms with van der Waals surface area (Å²) in [5.41, 5.74) is 0.981. The second-order valence-electron chi connectivity index (χ2n) is 5.73. The maximum Gasteiger partial charge on any atom is 0.251 e. The highest BCUT2D eigenvalue weighted by atomic mass is 16.3. The van der Waals surface area contributed by atoms with E-state index in [-0.39, 0.29) is 30.3 Å². The van der Waals surface area contributed by atoms with E-state index in [1.807, 2.05) is 27.7 Å². The standard InChI is InChI=1S/C16H24N2O3/c1-10(2)14(19)9-17-15(20)12-5-7-13(8-6-12)16(21)18-11(3)4/h5-8,10-11,14,19H,9H2,1-4H3,(H,17,20)(H,18,21). The fourth-order valence-corrected chi connectivity index (χ4v) is 1.65. The quantitative estimate of drug-likeness (QED) is 0.744. The molecule has 0 saturated heterocycles. The van der Waals surface area contributed by atoms with Gasteiger partial charge in [0.2, 0.25) is 0 Å². The molecule has 0 aromatic heterocycles. The Bertz CT molecular complexity index is 481. The Morgan fingerprint density at radius 3 is 1.90 bits per heavy atom. The summed E-state index contributed by atoms with van der Waals surface area (Å²) in [6.07, 6.45) is -0.565. The van der Waals surface area contributed by atoms with Crippen LogP contribution in [0.5, 0.6) is 0 Å². The number of aliphatic hydroxyl groups excluding tert-OH is 1. The third-order valence-corrected chi connectivity index (χ3v) is 3.07. The third kappa shape index (κ3) is 5.55. The molecule has 21 heavy (non-hydrogen) atoms. The molecule has 1 rings (SSSR count). The molecule has 0 radical (unpaired) electrons. The Hall–Kier alpha value is -1.88. The highest BCUT2D eigenvalue weighted by Crippen LogP contribution is 2.06. The van der Waals surface area contributed by atoms with Crippen molar-refractivity contribution in [1.29, 1.82) is 0 Å². The molecule has 1 aromatic carbocycles. The average Bonchev–Trinajstić information content (AvgIpc) is 2.43. The molecule has 5 heteroatoms. The van der Waals surface area contributed by atoms with Gasteiger partial charge in [-0.15, -0.1) is 0 Å². The number of rotatable bonds is 6. The van der Waals surface area contributed by atoms with Crippen molar-refractivity contribution in [3.8, 4) is 0 Å². The van der Waals surface area contributed by atoms with E-state index in [2.05, 4.69) is 10.6 Å². The molecule has 0 saturated carbocycles. The van der Waals surface area contributed by atoms with Crippen LogP contribution in [0, 0.1) is 5.92 Å². The van der Waals surface area contributed by atoms with E-state index >= 15 is 0 Å². The largest absolute Gasteiger partial charge is 0.391 e. The predicted octanol–water partition coefficient (Wildman–Crippen LogP) is 1.57. The molecule has 0 aliphatic heterocycles. The first kappa shape index (κ1) is 17.2. The lowest BCUT2D eigenvalue weighted by Gasteiger charge is -2.15. The minimum atomic E-state index is -0.565. The van der Waals surface area contributed by atoms with Crippen molar-refractivity contribution in [2.45, 2.75) is 39.8 Å². The minimum Gasteiger partial charge on any atom is -0.391 e. The molecule has 0 heterocycles. The smallest absolute Gasteiger partial charge is 0.251 e. The fraction of sp³-hybridized carbons (Fsp3) is 0.500. The number of carbonyl (C=O) groups is 2. The van der Waals surface area contributed by atoms with Crippen molar-refractivity contribution in [3.05, 3.63) is 35.4 Å². The molecular weight excluding hydrogens is 268 g/mol. The van der Waals surface area contributed by atoms with Gasteiger partial charge in [-0.1, -0.05) is 13.8 Å². The van der Waals surface area contributed by atoms with Crippen LogP contribution < -0.4 is 10.6 Å². The normalized spacial score (nSPS) is 12.3. The predicted molar refractivity (Wildman–Crippen MR) is 82.2 cm³/mol. The molecule has 1 unspecified atom stereocenters. The van der Waals surface area contributed by atoms with Crippen LogP contribution in [-0.2, 0) is 0 Å². The minimum absolute atomic E-state index is 0.0676. The number of benzene rings is 1. The summed E-state index contributed by atoms with van der Waals surface area (Å²) in [5, 5.41) is 15.1. The van der Waals surface area contributed by atoms with Crippen molar-refractivity contribution < 1.29 is 14.7 Å². The van der Waals surface area contributed by atoms with Crippen molar-refractivity contribution >= 4 is 11.8 Å². The van der Waals surface area contributed by atoms with Crippen molar-refractivity contribution in [2.24, 2.45) is 5.92 Å². The van der Waals surface area contributed by atoms with Gasteiger partial charge in [-0.2, -0.15) is 0 Å². The van der Waals surface area contributed by atoms with Gasteiger partial charge in [0, 0.05) is 23.7 Å². The molecule has 0 aliphatic carbocycles. The number of hydrogen-bond donors (Lipinski definition) is 3. The zero-order valence-corrected chi connectivity index (χ0v) is 13.0. The van der Waals surface area contributed by atoms with Crippen molar-refractivity contribution in [2.75, 3.05) is 6.54 Å². The maximum atomic E-state index is 11.9. The van der Waals surface area contributed by atoms with E-state index < -0.39 is 6.10 Å². The lowest BCUT2D eigenvalue weighted by Crippen LogP contribution is -2.34. The van der Waals surface area contributed by atoms with Gasteiger partial charge in [-0.25, -0.2) is 0 Å². The molecule has 1 atom stereocenters. The van der Waals surface area contributed by atoms with Crippen LogP contribution in [0.1, 0.15) is 48.4 Å². The second-order valence-corrected chi connectivity index (χ2v) is 5.73. The van der Waals surface area contributed by atoms with Gasteiger partial charge in [0.15, 0.2) is 0 Å². The van der Waals surface area contributed by atoms with Gasteiger partial charge >= 0.3 is 0 Å². The highest BCUT2D eigenvalue weighted by molar-refractivity contribution is 5.97. The topological polar surface area (TPSA) is 78.4 Å². The van der Waals surface area contributed by atoms with Gasteiger partial charge in [0.05, 0.1) is 6.10 Å². The monoisotopic (exact) mass is 292 g/mol. The number of amides is 2. The first-order valence-electron chi connectivity index (χ1n) is 7.18. The fourth-order valence-electron chi connectivity index (χ4n) is 1.65. The van der Waals surface area contributed by atoms with Crippen LogP contribution in [0.2, 0.25) is 0 Å². The summed E-state index contributed by atoms with van der Waals surface area (Å²) in [7, 11) is 0. The maximum absolute atomic E-state index is 11.9. The van der Waals surface area contributed by atoms with Gasteiger partial charge in [-0.3, -0.25) is 9.59 Å². The molecular formula is C16H24N2O3. The zero-order chi connectivity index (χ0) is 16.0. The van der Waals surface area contributed by atoms with Crippen LogP contribution in [0.25, 0.3) is 0 Å². The molecule has 5 nitrogen and oxygen atoms in total. The average molecular weight is 292 g/mol. The number of aliphatic hydroxyl groups is 1. The SMILES string of the molecule is CC(C)NC(=O)c1ccc(C(=O)NCC(O)C(C)C)cc1. The Kier molecular flexibility index (Phi) is 6.37. The van der Waals surface area contributed by atoms with Gasteiger partial charge in [0.1, 0.15) is 0 Å². The number of carbonyl (C=O) groups excluding carboxylic acids is 2. The number of nitrogens with one attached hydrogen (secondary N) is 2. The van der Waals surface area contributed by atoms with Gasteiger partial charge < -0.3 is 15.7 Å². The first-order chi connectivity index (χ1) is 9.81. The van der Waals surface area contributed by atoms with E-state index in [1.54, 1.807) is 24.3 Å². The summed E-state index contributed by atoms with van der Waals surface area (Å²) < 4.78 is 0. The summed E-state index contributed by atoms with van der Waals surface area (Å²) in [5.74, 6) is -0.329. The summed E-state index contributed by atoms with van der Waals surface area (Å²) >= 11 is 0. The van der Waals surface area contributed by atoms with E-state index in [4.69, 9.17) is 0 Å². The first-order valence-corrected chi connectivity index (χ1v) is 7.18. The Labute approximate surface area is 125 Å². The molecule has 2 amide bonds. The summed E-state index contributed by atoms with van der Waals surface area (Å²) in [4.78, 5) is 23.7. The van der Waals surface area contributed by atoms with Crippen molar-refractivity contribution in [3.63, 3.8) is 0 Å². The second kappa shape index (κ2) is 7.78. The number of hydrogen-bond acceptors (Lipinski definition) is 3. The molecule has 0 aliphatic rings. The lowest BCUT2D eigenvalue weighted by atomic mass is 10.1. The van der Waals surface area contributed by atoms with Crippen LogP contribution >= 0.6 is 0 Å². The highest BCUT2D eigenvalue weighted by Gasteiger charge is 2.13. The lowest BCUT2D eigenvalue weighted by molar-refractivity contribution is 0.0870. The van der Waals surface area contributed by atoms with E-state index in [9.17, 15) is 14.7 Å². The van der Waals surface area contributed by atoms with Gasteiger partial charge in [0.25, 0.3) is 11.8 Å². The Morgan fingerprint density at radius 2 is 1.48 bits per heavy atom. The van der Waals surface area contributed by atoms with Crippen LogP contribution in [0.4, 0.5) is 0 Å². The van der Waals surface area contributed by atoms with Crippen molar-refractivity contribution in [1.82, 2.24) is 10.6 Å². The molecule has 0 bridgehead atoms. The van der Waals surface area contributed by atoms with Crippen LogP contribution in [0.3, 0.4) is 0 Å². The van der Waals surface area contributed by atoms with E-state index in [0.717, 1.165) is 0 Å². The summed E-state index contributed by atoms with van der Waals surface area (Å²) in [6.45, 7) is 7.77. The van der Waals surface area contributed by atoms with Gasteiger partial charge in [-0.05, 0) is 44.0 Å².